The molecule has 1 N–H and O–H groups in total. The average molecular weight is 368 g/mol. The number of pyridine rings is 1. The molecular weight excluding hydrogens is 355 g/mol. The lowest BCUT2D eigenvalue weighted by Crippen LogP contribution is -2.32. The van der Waals surface area contributed by atoms with Gasteiger partial charge in [-0.05, 0) is 42.8 Å². The molecular formula is C12H13BrF3N3O2. The molecule has 0 spiro atoms. The number of hydrogen-bond acceptors (Lipinski definition) is 4. The summed E-state index contributed by atoms with van der Waals surface area (Å²) in [5.74, 6) is -0.110. The Labute approximate surface area is 126 Å². The fourth-order valence-corrected chi connectivity index (χ4v) is 2.06. The van der Waals surface area contributed by atoms with Gasteiger partial charge in [0.25, 0.3) is 0 Å². The maximum atomic E-state index is 12.6. The van der Waals surface area contributed by atoms with E-state index in [4.69, 9.17) is 4.74 Å². The zero-order valence-corrected chi connectivity index (χ0v) is 13.0. The standard InChI is InChI=1S/C12H13BrF3N3O2/c1-6(12(14,15)16)21-8-5-4-7(11(2,3)20)9-17-10(13)18-19(8)9/h4-6,20H,1-3H3. The first-order valence-electron chi connectivity index (χ1n) is 6.01. The quantitative estimate of drug-likeness (QED) is 0.905. The second kappa shape index (κ2) is 5.13. The van der Waals surface area contributed by atoms with E-state index in [0.29, 0.717) is 5.56 Å². The third-order valence-corrected chi connectivity index (χ3v) is 3.18. The first-order valence-corrected chi connectivity index (χ1v) is 6.81. The SMILES string of the molecule is CC(Oc1ccc(C(C)(C)O)c2nc(Br)nn12)C(F)(F)F. The molecule has 9 heteroatoms. The van der Waals surface area contributed by atoms with Crippen molar-refractivity contribution in [1.82, 2.24) is 14.6 Å². The topological polar surface area (TPSA) is 59.7 Å². The molecule has 1 atom stereocenters. The van der Waals surface area contributed by atoms with E-state index in [1.54, 1.807) is 13.8 Å². The molecule has 0 fully saturated rings. The van der Waals surface area contributed by atoms with Gasteiger partial charge in [-0.2, -0.15) is 17.7 Å². The first kappa shape index (κ1) is 16.0. The van der Waals surface area contributed by atoms with E-state index in [0.717, 1.165) is 11.4 Å². The van der Waals surface area contributed by atoms with Crippen LogP contribution in [0.3, 0.4) is 0 Å². The number of aliphatic hydroxyl groups is 1. The molecule has 0 aliphatic heterocycles. The number of rotatable bonds is 3. The Morgan fingerprint density at radius 1 is 1.33 bits per heavy atom. The summed E-state index contributed by atoms with van der Waals surface area (Å²) in [7, 11) is 0. The van der Waals surface area contributed by atoms with Crippen LogP contribution < -0.4 is 4.74 Å². The van der Waals surface area contributed by atoms with Crippen molar-refractivity contribution in [3.05, 3.63) is 22.4 Å². The molecule has 0 saturated heterocycles. The second-order valence-corrected chi connectivity index (χ2v) is 5.77. The van der Waals surface area contributed by atoms with Crippen molar-refractivity contribution in [1.29, 1.82) is 0 Å². The molecule has 0 radical (unpaired) electrons. The summed E-state index contributed by atoms with van der Waals surface area (Å²) in [6, 6.07) is 2.79. The highest BCUT2D eigenvalue weighted by atomic mass is 79.9. The van der Waals surface area contributed by atoms with Crippen LogP contribution in [0.25, 0.3) is 5.65 Å². The Hall–Kier alpha value is -1.35. The van der Waals surface area contributed by atoms with Gasteiger partial charge in [0, 0.05) is 11.6 Å². The Morgan fingerprint density at radius 3 is 2.48 bits per heavy atom. The highest BCUT2D eigenvalue weighted by molar-refractivity contribution is 9.10. The normalized spacial score (nSPS) is 14.5. The van der Waals surface area contributed by atoms with Crippen LogP contribution in [-0.2, 0) is 5.60 Å². The van der Waals surface area contributed by atoms with Crippen LogP contribution in [0.4, 0.5) is 13.2 Å². The Morgan fingerprint density at radius 2 is 1.95 bits per heavy atom. The van der Waals surface area contributed by atoms with Crippen LogP contribution in [0.15, 0.2) is 16.9 Å². The largest absolute Gasteiger partial charge is 0.465 e. The second-order valence-electron chi connectivity index (χ2n) is 5.06. The molecule has 2 aromatic rings. The number of nitrogens with zero attached hydrogens (tertiary/aromatic N) is 3. The predicted molar refractivity (Wildman–Crippen MR) is 72.1 cm³/mol. The Bertz CT molecular complexity index is 664. The van der Waals surface area contributed by atoms with Crippen molar-refractivity contribution in [3.8, 4) is 5.88 Å². The number of fused-ring (bicyclic) bond motifs is 1. The van der Waals surface area contributed by atoms with Crippen LogP contribution in [0.1, 0.15) is 26.3 Å². The Balaban J connectivity index is 2.53. The minimum Gasteiger partial charge on any atom is -0.465 e. The summed E-state index contributed by atoms with van der Waals surface area (Å²) < 4.78 is 44.0. The smallest absolute Gasteiger partial charge is 0.425 e. The highest BCUT2D eigenvalue weighted by Crippen LogP contribution is 2.30. The summed E-state index contributed by atoms with van der Waals surface area (Å²) in [5, 5.41) is 14.0. The fraction of sp³-hybridized carbons (Fsp3) is 0.500. The molecule has 0 aromatic carbocycles. The molecule has 2 heterocycles. The van der Waals surface area contributed by atoms with E-state index >= 15 is 0 Å². The zero-order valence-electron chi connectivity index (χ0n) is 11.4. The van der Waals surface area contributed by atoms with Gasteiger partial charge in [0.15, 0.2) is 11.8 Å². The van der Waals surface area contributed by atoms with Crippen LogP contribution >= 0.6 is 15.9 Å². The van der Waals surface area contributed by atoms with E-state index in [9.17, 15) is 18.3 Å². The van der Waals surface area contributed by atoms with Gasteiger partial charge in [0.05, 0.1) is 5.60 Å². The molecule has 0 bridgehead atoms. The van der Waals surface area contributed by atoms with E-state index < -0.39 is 17.9 Å². The molecule has 1 unspecified atom stereocenters. The first-order chi connectivity index (χ1) is 9.50. The van der Waals surface area contributed by atoms with Crippen LogP contribution in [0, 0.1) is 0 Å². The van der Waals surface area contributed by atoms with Gasteiger partial charge < -0.3 is 9.84 Å². The lowest BCUT2D eigenvalue weighted by Gasteiger charge is -2.21. The van der Waals surface area contributed by atoms with Crippen LogP contribution in [0.5, 0.6) is 5.88 Å². The molecule has 0 aliphatic carbocycles. The summed E-state index contributed by atoms with van der Waals surface area (Å²) in [4.78, 5) is 4.06. The summed E-state index contributed by atoms with van der Waals surface area (Å²) in [5.41, 5.74) is -0.573. The van der Waals surface area contributed by atoms with Gasteiger partial charge in [0.1, 0.15) is 0 Å². The van der Waals surface area contributed by atoms with Gasteiger partial charge in [0.2, 0.25) is 10.6 Å². The third-order valence-electron chi connectivity index (χ3n) is 2.84. The fourth-order valence-electron chi connectivity index (χ4n) is 1.73. The molecule has 0 amide bonds. The van der Waals surface area contributed by atoms with Crippen molar-refractivity contribution in [2.45, 2.75) is 38.7 Å². The van der Waals surface area contributed by atoms with Crippen molar-refractivity contribution in [3.63, 3.8) is 0 Å². The minimum absolute atomic E-state index is 0.110. The number of aromatic nitrogens is 3. The number of hydrogen-bond donors (Lipinski definition) is 1. The minimum atomic E-state index is -4.49. The van der Waals surface area contributed by atoms with Crippen LogP contribution in [0.2, 0.25) is 0 Å². The molecule has 0 saturated carbocycles. The molecule has 0 aliphatic rings. The Kier molecular flexibility index (Phi) is 3.92. The molecule has 21 heavy (non-hydrogen) atoms. The summed E-state index contributed by atoms with van der Waals surface area (Å²) in [6.07, 6.45) is -6.48. The summed E-state index contributed by atoms with van der Waals surface area (Å²) in [6.45, 7) is 4.00. The maximum absolute atomic E-state index is 12.6. The third kappa shape index (κ3) is 3.29. The van der Waals surface area contributed by atoms with Crippen LogP contribution in [-0.4, -0.2) is 32.0 Å². The highest BCUT2D eigenvalue weighted by Gasteiger charge is 2.38. The molecule has 2 aromatic heterocycles. The lowest BCUT2D eigenvalue weighted by atomic mass is 10.00. The van der Waals surface area contributed by atoms with Gasteiger partial charge in [-0.15, -0.1) is 5.10 Å². The maximum Gasteiger partial charge on any atom is 0.425 e. The average Bonchev–Trinajstić information content (AvgIpc) is 2.67. The van der Waals surface area contributed by atoms with Gasteiger partial charge in [-0.3, -0.25) is 0 Å². The van der Waals surface area contributed by atoms with E-state index in [1.807, 2.05) is 0 Å². The number of halogens is 4. The van der Waals surface area contributed by atoms with E-state index in [-0.39, 0.29) is 16.3 Å². The van der Waals surface area contributed by atoms with Crippen molar-refractivity contribution < 1.29 is 23.0 Å². The van der Waals surface area contributed by atoms with Gasteiger partial charge in [-0.25, -0.2) is 4.98 Å². The molecule has 5 nitrogen and oxygen atoms in total. The summed E-state index contributed by atoms with van der Waals surface area (Å²) >= 11 is 3.06. The zero-order chi connectivity index (χ0) is 16.0. The van der Waals surface area contributed by atoms with Gasteiger partial charge >= 0.3 is 6.18 Å². The van der Waals surface area contributed by atoms with Crippen molar-refractivity contribution >= 4 is 21.6 Å². The molecule has 116 valence electrons. The molecule has 2 rings (SSSR count). The van der Waals surface area contributed by atoms with Gasteiger partial charge in [-0.1, -0.05) is 0 Å². The lowest BCUT2D eigenvalue weighted by molar-refractivity contribution is -0.190. The van der Waals surface area contributed by atoms with Crippen molar-refractivity contribution in [2.75, 3.05) is 0 Å². The van der Waals surface area contributed by atoms with E-state index in [1.165, 1.54) is 12.1 Å². The van der Waals surface area contributed by atoms with E-state index in [2.05, 4.69) is 26.0 Å². The van der Waals surface area contributed by atoms with Crippen molar-refractivity contribution in [2.24, 2.45) is 0 Å². The monoisotopic (exact) mass is 367 g/mol. The predicted octanol–water partition coefficient (Wildman–Crippen LogP) is 3.05. The number of ether oxygens (including phenoxy) is 1. The number of alkyl halides is 3.